The van der Waals surface area contributed by atoms with Crippen LogP contribution in [0, 0.1) is 0 Å². The summed E-state index contributed by atoms with van der Waals surface area (Å²) in [6.45, 7) is 8.78. The fourth-order valence-electron chi connectivity index (χ4n) is 2.90. The van der Waals surface area contributed by atoms with Crippen molar-refractivity contribution in [1.82, 2.24) is 0 Å². The largest absolute Gasteiger partial charge is 0.463 e. The van der Waals surface area contributed by atoms with E-state index in [1.165, 1.54) is 6.92 Å². The van der Waals surface area contributed by atoms with E-state index in [2.05, 4.69) is 6.58 Å². The van der Waals surface area contributed by atoms with Crippen LogP contribution in [0.5, 0.6) is 0 Å². The number of esters is 4. The molecule has 30 heavy (non-hydrogen) atoms. The smallest absolute Gasteiger partial charge is 0.303 e. The monoisotopic (exact) mass is 450 g/mol. The third-order valence-electron chi connectivity index (χ3n) is 3.75. The van der Waals surface area contributed by atoms with Gasteiger partial charge in [0, 0.05) is 27.7 Å². The highest BCUT2D eigenvalue weighted by atomic mass is 32.2. The van der Waals surface area contributed by atoms with E-state index in [9.17, 15) is 27.6 Å². The molecule has 0 aromatic heterocycles. The van der Waals surface area contributed by atoms with E-state index in [1.54, 1.807) is 0 Å². The molecule has 0 saturated carbocycles. The highest BCUT2D eigenvalue weighted by Gasteiger charge is 2.56. The van der Waals surface area contributed by atoms with Crippen LogP contribution in [-0.2, 0) is 52.7 Å². The van der Waals surface area contributed by atoms with Crippen LogP contribution in [0.15, 0.2) is 12.2 Å². The lowest BCUT2D eigenvalue weighted by Crippen LogP contribution is -2.64. The summed E-state index contributed by atoms with van der Waals surface area (Å²) in [6, 6.07) is 0. The standard InChI is InChI=1S/C18H26O11S/c1-9(2)8-30(23,24)18-17(28-13(6)22)16(27-12(5)21)15(26-11(4)20)14(29-18)7-25-10(3)19/h14-18H,1,7-8H2,2-6H3/t14-,15-,16+,17-,18?/m1/s1. The van der Waals surface area contributed by atoms with Crippen molar-refractivity contribution in [2.45, 2.75) is 64.5 Å². The zero-order valence-corrected chi connectivity index (χ0v) is 18.2. The Balaban J connectivity index is 3.52. The Labute approximate surface area is 174 Å². The Bertz CT molecular complexity index is 801. The van der Waals surface area contributed by atoms with Crippen molar-refractivity contribution in [2.75, 3.05) is 12.4 Å². The molecule has 1 saturated heterocycles. The summed E-state index contributed by atoms with van der Waals surface area (Å²) in [5, 5.41) is 0. The van der Waals surface area contributed by atoms with E-state index in [1.807, 2.05) is 0 Å². The van der Waals surface area contributed by atoms with Gasteiger partial charge < -0.3 is 23.7 Å². The summed E-state index contributed by atoms with van der Waals surface area (Å²) in [7, 11) is -4.14. The van der Waals surface area contributed by atoms with Gasteiger partial charge in [0.05, 0.1) is 5.75 Å². The van der Waals surface area contributed by atoms with Gasteiger partial charge in [-0.3, -0.25) is 19.2 Å². The zero-order chi connectivity index (χ0) is 23.2. The molecule has 0 aromatic carbocycles. The maximum Gasteiger partial charge on any atom is 0.303 e. The number of rotatable bonds is 8. The second kappa shape index (κ2) is 10.5. The minimum absolute atomic E-state index is 0.280. The first kappa shape index (κ1) is 25.6. The third-order valence-corrected chi connectivity index (χ3v) is 5.73. The second-order valence-corrected chi connectivity index (χ2v) is 8.91. The van der Waals surface area contributed by atoms with Crippen LogP contribution >= 0.6 is 0 Å². The zero-order valence-electron chi connectivity index (χ0n) is 17.4. The Morgan fingerprint density at radius 2 is 1.27 bits per heavy atom. The number of hydrogen-bond acceptors (Lipinski definition) is 11. The summed E-state index contributed by atoms with van der Waals surface area (Å²) >= 11 is 0. The van der Waals surface area contributed by atoms with Gasteiger partial charge >= 0.3 is 23.9 Å². The number of sulfone groups is 1. The second-order valence-electron chi connectivity index (χ2n) is 6.83. The van der Waals surface area contributed by atoms with Gasteiger partial charge in [-0.1, -0.05) is 12.2 Å². The molecule has 12 heteroatoms. The molecule has 1 aliphatic heterocycles. The van der Waals surface area contributed by atoms with E-state index >= 15 is 0 Å². The Kier molecular flexibility index (Phi) is 8.97. The summed E-state index contributed by atoms with van der Waals surface area (Å²) < 4.78 is 51.8. The Morgan fingerprint density at radius 3 is 1.70 bits per heavy atom. The van der Waals surface area contributed by atoms with Crippen LogP contribution in [0.3, 0.4) is 0 Å². The van der Waals surface area contributed by atoms with Crippen molar-refractivity contribution in [3.8, 4) is 0 Å². The molecular weight excluding hydrogens is 424 g/mol. The van der Waals surface area contributed by atoms with E-state index in [0.717, 1.165) is 27.7 Å². The fraction of sp³-hybridized carbons (Fsp3) is 0.667. The maximum absolute atomic E-state index is 12.9. The molecule has 0 amide bonds. The van der Waals surface area contributed by atoms with Crippen LogP contribution in [0.2, 0.25) is 0 Å². The van der Waals surface area contributed by atoms with Crippen LogP contribution in [0.4, 0.5) is 0 Å². The first-order valence-corrected chi connectivity index (χ1v) is 10.6. The lowest BCUT2D eigenvalue weighted by atomic mass is 9.99. The first-order chi connectivity index (χ1) is 13.7. The Morgan fingerprint density at radius 1 is 0.800 bits per heavy atom. The molecule has 0 aromatic rings. The van der Waals surface area contributed by atoms with Crippen molar-refractivity contribution in [2.24, 2.45) is 0 Å². The highest BCUT2D eigenvalue weighted by Crippen LogP contribution is 2.32. The van der Waals surface area contributed by atoms with Gasteiger partial charge in [0.25, 0.3) is 0 Å². The molecule has 0 radical (unpaired) electrons. The van der Waals surface area contributed by atoms with Gasteiger partial charge in [-0.05, 0) is 6.92 Å². The molecule has 0 bridgehead atoms. The predicted molar refractivity (Wildman–Crippen MR) is 101 cm³/mol. The van der Waals surface area contributed by atoms with E-state index in [-0.39, 0.29) is 5.57 Å². The summed E-state index contributed by atoms with van der Waals surface area (Å²) in [5.41, 5.74) is -1.52. The van der Waals surface area contributed by atoms with Crippen molar-refractivity contribution in [3.63, 3.8) is 0 Å². The average Bonchev–Trinajstić information content (AvgIpc) is 2.54. The molecule has 1 rings (SSSR count). The van der Waals surface area contributed by atoms with Crippen molar-refractivity contribution >= 4 is 33.7 Å². The molecular formula is C18H26O11S. The van der Waals surface area contributed by atoms with Gasteiger partial charge in [0.2, 0.25) is 0 Å². The summed E-state index contributed by atoms with van der Waals surface area (Å²) in [5.74, 6) is -3.75. The average molecular weight is 450 g/mol. The number of hydrogen-bond donors (Lipinski definition) is 0. The molecule has 1 fully saturated rings. The van der Waals surface area contributed by atoms with Crippen LogP contribution in [0.25, 0.3) is 0 Å². The van der Waals surface area contributed by atoms with E-state index in [4.69, 9.17) is 23.7 Å². The number of carbonyl (C=O) groups is 4. The first-order valence-electron chi connectivity index (χ1n) is 8.91. The number of carbonyl (C=O) groups excluding carboxylic acids is 4. The molecule has 170 valence electrons. The molecule has 5 atom stereocenters. The summed E-state index contributed by atoms with van der Waals surface area (Å²) in [4.78, 5) is 46.2. The van der Waals surface area contributed by atoms with Crippen molar-refractivity contribution in [3.05, 3.63) is 12.2 Å². The minimum atomic E-state index is -4.14. The third kappa shape index (κ3) is 7.41. The lowest BCUT2D eigenvalue weighted by Gasteiger charge is -2.44. The Hall–Kier alpha value is -2.47. The molecule has 1 aliphatic rings. The van der Waals surface area contributed by atoms with Gasteiger partial charge in [-0.25, -0.2) is 8.42 Å². The number of ether oxygens (including phenoxy) is 5. The van der Waals surface area contributed by atoms with Crippen LogP contribution < -0.4 is 0 Å². The van der Waals surface area contributed by atoms with Gasteiger partial charge in [0.15, 0.2) is 33.6 Å². The summed E-state index contributed by atoms with van der Waals surface area (Å²) in [6.07, 6.45) is -5.91. The quantitative estimate of drug-likeness (QED) is 0.281. The maximum atomic E-state index is 12.9. The van der Waals surface area contributed by atoms with Gasteiger partial charge in [-0.2, -0.15) is 0 Å². The molecule has 11 nitrogen and oxygen atoms in total. The molecule has 0 aliphatic carbocycles. The topological polar surface area (TPSA) is 149 Å². The van der Waals surface area contributed by atoms with Crippen molar-refractivity contribution in [1.29, 1.82) is 0 Å². The molecule has 0 spiro atoms. The SMILES string of the molecule is C=C(C)CS(=O)(=O)C1O[C@H](COC(C)=O)[C@@H](OC(C)=O)[C@H](OC(C)=O)[C@H]1OC(C)=O. The normalized spacial score (nSPS) is 26.2. The fourth-order valence-corrected chi connectivity index (χ4v) is 4.69. The van der Waals surface area contributed by atoms with E-state index in [0.29, 0.717) is 0 Å². The minimum Gasteiger partial charge on any atom is -0.463 e. The van der Waals surface area contributed by atoms with E-state index < -0.39 is 75.9 Å². The van der Waals surface area contributed by atoms with Crippen molar-refractivity contribution < 1.29 is 51.3 Å². The van der Waals surface area contributed by atoms with Gasteiger partial charge in [0.1, 0.15) is 12.7 Å². The van der Waals surface area contributed by atoms with Crippen LogP contribution in [-0.4, -0.2) is 74.5 Å². The molecule has 1 heterocycles. The van der Waals surface area contributed by atoms with Crippen LogP contribution in [0.1, 0.15) is 34.6 Å². The highest BCUT2D eigenvalue weighted by molar-refractivity contribution is 7.92. The van der Waals surface area contributed by atoms with Gasteiger partial charge in [-0.15, -0.1) is 0 Å². The lowest BCUT2D eigenvalue weighted by molar-refractivity contribution is -0.238. The molecule has 1 unspecified atom stereocenters. The predicted octanol–water partition coefficient (Wildman–Crippen LogP) is 0.0604. The molecule has 0 N–H and O–H groups in total.